The molecule has 0 fully saturated rings. The summed E-state index contributed by atoms with van der Waals surface area (Å²) in [6.45, 7) is 0. The van der Waals surface area contributed by atoms with Crippen LogP contribution in [0.4, 0.5) is 17.6 Å². The molecule has 0 N–H and O–H groups in total. The van der Waals surface area contributed by atoms with E-state index in [0.717, 1.165) is 12.1 Å². The molecule has 0 atom stereocenters. The number of alkyl halides is 3. The first-order chi connectivity index (χ1) is 14.4. The molecule has 4 nitrogen and oxygen atoms in total. The van der Waals surface area contributed by atoms with Gasteiger partial charge in [-0.25, -0.2) is 4.39 Å². The summed E-state index contributed by atoms with van der Waals surface area (Å²) >= 11 is 1.50. The van der Waals surface area contributed by atoms with Crippen molar-refractivity contribution >= 4 is 11.8 Å². The summed E-state index contributed by atoms with van der Waals surface area (Å²) in [6, 6.07) is 14.5. The number of hydrogen-bond acceptors (Lipinski definition) is 5. The Morgan fingerprint density at radius 2 is 1.67 bits per heavy atom. The van der Waals surface area contributed by atoms with Crippen molar-refractivity contribution in [1.29, 1.82) is 0 Å². The van der Waals surface area contributed by atoms with Crippen molar-refractivity contribution in [2.45, 2.75) is 17.7 Å². The fourth-order valence-corrected chi connectivity index (χ4v) is 3.61. The lowest BCUT2D eigenvalue weighted by molar-refractivity contribution is -0.137. The normalized spacial score (nSPS) is 11.7. The Labute approximate surface area is 172 Å². The third kappa shape index (κ3) is 4.56. The summed E-state index contributed by atoms with van der Waals surface area (Å²) < 4.78 is 62.5. The molecule has 9 heteroatoms. The van der Waals surface area contributed by atoms with Gasteiger partial charge in [-0.15, -0.1) is 11.8 Å². The zero-order valence-electron chi connectivity index (χ0n) is 15.3. The first kappa shape index (κ1) is 20.2. The average Bonchev–Trinajstić information content (AvgIpc) is 3.38. The van der Waals surface area contributed by atoms with Gasteiger partial charge in [0.1, 0.15) is 11.6 Å². The van der Waals surface area contributed by atoms with Crippen LogP contribution in [0.2, 0.25) is 0 Å². The van der Waals surface area contributed by atoms with Crippen LogP contribution in [0.25, 0.3) is 23.0 Å². The fourth-order valence-electron chi connectivity index (χ4n) is 2.70. The van der Waals surface area contributed by atoms with E-state index in [-0.39, 0.29) is 17.5 Å². The molecule has 154 valence electrons. The molecule has 4 rings (SSSR count). The number of halogens is 4. The van der Waals surface area contributed by atoms with Crippen LogP contribution in [0.1, 0.15) is 16.9 Å². The number of thioether (sulfide) groups is 1. The summed E-state index contributed by atoms with van der Waals surface area (Å²) in [5.74, 6) is 2.06. The molecule has 0 saturated heterocycles. The highest BCUT2D eigenvalue weighted by molar-refractivity contribution is 7.97. The van der Waals surface area contributed by atoms with E-state index in [9.17, 15) is 17.6 Å². The van der Waals surface area contributed by atoms with Crippen molar-refractivity contribution in [3.63, 3.8) is 0 Å². The Hall–Kier alpha value is -3.07. The lowest BCUT2D eigenvalue weighted by atomic mass is 10.1. The van der Waals surface area contributed by atoms with E-state index >= 15 is 0 Å². The molecule has 0 saturated carbocycles. The van der Waals surface area contributed by atoms with Gasteiger partial charge in [-0.05, 0) is 35.9 Å². The minimum Gasteiger partial charge on any atom is -0.455 e. The Kier molecular flexibility index (Phi) is 5.63. The monoisotopic (exact) mass is 434 g/mol. The van der Waals surface area contributed by atoms with Crippen molar-refractivity contribution in [2.75, 3.05) is 0 Å². The Bertz CT molecular complexity index is 1140. The minimum atomic E-state index is -4.41. The van der Waals surface area contributed by atoms with Crippen molar-refractivity contribution in [3.8, 4) is 23.0 Å². The van der Waals surface area contributed by atoms with Gasteiger partial charge in [0.25, 0.3) is 5.89 Å². The van der Waals surface area contributed by atoms with Crippen LogP contribution in [-0.4, -0.2) is 10.1 Å². The molecule has 30 heavy (non-hydrogen) atoms. The molecule has 2 aromatic carbocycles. The molecule has 0 amide bonds. The van der Waals surface area contributed by atoms with Crippen molar-refractivity contribution in [2.24, 2.45) is 0 Å². The van der Waals surface area contributed by atoms with Gasteiger partial charge in [0.2, 0.25) is 5.82 Å². The van der Waals surface area contributed by atoms with E-state index in [1.165, 1.54) is 30.0 Å². The highest BCUT2D eigenvalue weighted by atomic mass is 32.2. The van der Waals surface area contributed by atoms with E-state index in [2.05, 4.69) is 10.1 Å². The number of nitrogens with zero attached hydrogens (tertiary/aromatic N) is 2. The van der Waals surface area contributed by atoms with E-state index < -0.39 is 11.7 Å². The van der Waals surface area contributed by atoms with Crippen LogP contribution in [0.15, 0.2) is 69.6 Å². The number of furan rings is 1. The SMILES string of the molecule is Fc1ccccc1CSCc1ccc(-c2nc(-c3ccc(C(F)(F)F)cc3)no2)o1. The second-order valence-corrected chi connectivity index (χ2v) is 7.33. The molecule has 0 bridgehead atoms. The van der Waals surface area contributed by atoms with Gasteiger partial charge < -0.3 is 8.94 Å². The largest absolute Gasteiger partial charge is 0.455 e. The van der Waals surface area contributed by atoms with Gasteiger partial charge in [-0.1, -0.05) is 35.5 Å². The molecule has 2 aromatic heterocycles. The van der Waals surface area contributed by atoms with Crippen LogP contribution in [0.3, 0.4) is 0 Å². The van der Waals surface area contributed by atoms with Gasteiger partial charge >= 0.3 is 6.18 Å². The Balaban J connectivity index is 1.41. The molecule has 0 spiro atoms. The first-order valence-electron chi connectivity index (χ1n) is 8.82. The van der Waals surface area contributed by atoms with Crippen LogP contribution in [0.5, 0.6) is 0 Å². The van der Waals surface area contributed by atoms with Crippen LogP contribution < -0.4 is 0 Å². The maximum atomic E-state index is 13.6. The molecule has 0 aliphatic heterocycles. The summed E-state index contributed by atoms with van der Waals surface area (Å²) in [7, 11) is 0. The van der Waals surface area contributed by atoms with Crippen molar-refractivity contribution in [3.05, 3.63) is 83.4 Å². The second-order valence-electron chi connectivity index (χ2n) is 6.35. The molecule has 4 aromatic rings. The highest BCUT2D eigenvalue weighted by Crippen LogP contribution is 2.31. The summed E-state index contributed by atoms with van der Waals surface area (Å²) in [5.41, 5.74) is 0.260. The second kappa shape index (κ2) is 8.35. The fraction of sp³-hybridized carbons (Fsp3) is 0.143. The lowest BCUT2D eigenvalue weighted by Crippen LogP contribution is -2.04. The van der Waals surface area contributed by atoms with Gasteiger partial charge in [-0.2, -0.15) is 18.2 Å². The van der Waals surface area contributed by atoms with Gasteiger partial charge in [0.05, 0.1) is 11.3 Å². The quantitative estimate of drug-likeness (QED) is 0.321. The number of hydrogen-bond donors (Lipinski definition) is 0. The number of aromatic nitrogens is 2. The smallest absolute Gasteiger partial charge is 0.416 e. The van der Waals surface area contributed by atoms with Gasteiger partial charge in [-0.3, -0.25) is 0 Å². The number of rotatable bonds is 6. The van der Waals surface area contributed by atoms with E-state index in [1.807, 2.05) is 0 Å². The zero-order valence-corrected chi connectivity index (χ0v) is 16.1. The summed E-state index contributed by atoms with van der Waals surface area (Å²) in [6.07, 6.45) is -4.41. The maximum absolute atomic E-state index is 13.6. The topological polar surface area (TPSA) is 52.1 Å². The predicted octanol–water partition coefficient (Wildman–Crippen LogP) is 6.59. The average molecular weight is 434 g/mol. The minimum absolute atomic E-state index is 0.121. The molecule has 0 unspecified atom stereocenters. The van der Waals surface area contributed by atoms with Crippen LogP contribution in [-0.2, 0) is 17.7 Å². The van der Waals surface area contributed by atoms with Gasteiger partial charge in [0, 0.05) is 11.3 Å². The van der Waals surface area contributed by atoms with Crippen molar-refractivity contribution in [1.82, 2.24) is 10.1 Å². The third-order valence-corrected chi connectivity index (χ3v) is 5.23. The Morgan fingerprint density at radius 3 is 2.40 bits per heavy atom. The molecule has 0 aliphatic rings. The van der Waals surface area contributed by atoms with Crippen LogP contribution >= 0.6 is 11.8 Å². The predicted molar refractivity (Wildman–Crippen MR) is 104 cm³/mol. The first-order valence-corrected chi connectivity index (χ1v) is 9.97. The standard InChI is InChI=1S/C21H14F4N2O2S/c22-17-4-2-1-3-14(17)11-30-12-16-9-10-18(28-16)20-26-19(27-29-20)13-5-7-15(8-6-13)21(23,24)25/h1-10H,11-12H2. The summed E-state index contributed by atoms with van der Waals surface area (Å²) in [5, 5.41) is 3.80. The molecule has 0 aliphatic carbocycles. The lowest BCUT2D eigenvalue weighted by Gasteiger charge is -2.05. The third-order valence-electron chi connectivity index (χ3n) is 4.23. The van der Waals surface area contributed by atoms with Gasteiger partial charge in [0.15, 0.2) is 5.76 Å². The molecular formula is C21H14F4N2O2S. The Morgan fingerprint density at radius 1 is 0.900 bits per heavy atom. The maximum Gasteiger partial charge on any atom is 0.416 e. The van der Waals surface area contributed by atoms with Crippen molar-refractivity contribution < 1.29 is 26.5 Å². The highest BCUT2D eigenvalue weighted by Gasteiger charge is 2.30. The molecule has 0 radical (unpaired) electrons. The van der Waals surface area contributed by atoms with E-state index in [0.29, 0.717) is 34.2 Å². The number of benzene rings is 2. The molecular weight excluding hydrogens is 420 g/mol. The van der Waals surface area contributed by atoms with E-state index in [4.69, 9.17) is 8.94 Å². The van der Waals surface area contributed by atoms with E-state index in [1.54, 1.807) is 30.3 Å². The summed E-state index contributed by atoms with van der Waals surface area (Å²) in [4.78, 5) is 4.19. The zero-order chi connectivity index (χ0) is 21.1. The molecule has 2 heterocycles. The van der Waals surface area contributed by atoms with Crippen LogP contribution in [0, 0.1) is 5.82 Å².